The number of halogens is 1. The Balaban J connectivity index is 2.64. The zero-order valence-electron chi connectivity index (χ0n) is 9.53. The van der Waals surface area contributed by atoms with Crippen LogP contribution in [0.4, 0.5) is 4.39 Å². The van der Waals surface area contributed by atoms with Gasteiger partial charge in [-0.05, 0) is 24.7 Å². The van der Waals surface area contributed by atoms with Gasteiger partial charge >= 0.3 is 0 Å². The van der Waals surface area contributed by atoms with Crippen LogP contribution in [0.5, 0.6) is 0 Å². The molecule has 0 aliphatic heterocycles. The molecule has 0 N–H and O–H groups in total. The van der Waals surface area contributed by atoms with Gasteiger partial charge in [-0.3, -0.25) is 4.90 Å². The Morgan fingerprint density at radius 3 is 2.88 bits per heavy atom. The van der Waals surface area contributed by atoms with Crippen molar-refractivity contribution in [3.8, 4) is 6.07 Å². The maximum atomic E-state index is 13.1. The lowest BCUT2D eigenvalue weighted by atomic mass is 10.1. The summed E-state index contributed by atoms with van der Waals surface area (Å²) in [6.07, 6.45) is 0. The molecule has 0 saturated heterocycles. The summed E-state index contributed by atoms with van der Waals surface area (Å²) >= 11 is 0. The van der Waals surface area contributed by atoms with Crippen molar-refractivity contribution in [3.63, 3.8) is 0 Å². The average molecular weight is 222 g/mol. The monoisotopic (exact) mass is 222 g/mol. The lowest BCUT2D eigenvalue weighted by Crippen LogP contribution is -2.22. The molecule has 4 heteroatoms. The number of likely N-dealkylation sites (N-methyl/N-ethyl adjacent to an activating group) is 1. The number of benzene rings is 1. The molecule has 86 valence electrons. The number of methoxy groups -OCH3 is 1. The standard InChI is InChI=1S/C12H15FN2O/c1-15(5-6-16-2)9-10-3-4-12(13)11(7-10)8-14/h3-4,7H,5-6,9H2,1-2H3. The van der Waals surface area contributed by atoms with Gasteiger partial charge in [-0.1, -0.05) is 6.07 Å². The van der Waals surface area contributed by atoms with Crippen LogP contribution in [-0.2, 0) is 11.3 Å². The van der Waals surface area contributed by atoms with Crippen molar-refractivity contribution in [3.05, 3.63) is 35.1 Å². The fourth-order valence-corrected chi connectivity index (χ4v) is 1.39. The molecule has 0 amide bonds. The Kier molecular flexibility index (Phi) is 4.90. The highest BCUT2D eigenvalue weighted by Gasteiger charge is 2.04. The van der Waals surface area contributed by atoms with Gasteiger partial charge in [-0.2, -0.15) is 5.26 Å². The van der Waals surface area contributed by atoms with Gasteiger partial charge in [-0.25, -0.2) is 4.39 Å². The smallest absolute Gasteiger partial charge is 0.140 e. The van der Waals surface area contributed by atoms with Crippen molar-refractivity contribution < 1.29 is 9.13 Å². The summed E-state index contributed by atoms with van der Waals surface area (Å²) < 4.78 is 18.0. The SMILES string of the molecule is COCCN(C)Cc1ccc(F)c(C#N)c1. The molecule has 0 aliphatic carbocycles. The van der Waals surface area contributed by atoms with Crippen LogP contribution >= 0.6 is 0 Å². The summed E-state index contributed by atoms with van der Waals surface area (Å²) in [6, 6.07) is 6.44. The van der Waals surface area contributed by atoms with E-state index >= 15 is 0 Å². The third kappa shape index (κ3) is 3.61. The summed E-state index contributed by atoms with van der Waals surface area (Å²) in [5.41, 5.74) is 1.02. The van der Waals surface area contributed by atoms with Crippen LogP contribution in [0.25, 0.3) is 0 Å². The van der Waals surface area contributed by atoms with Gasteiger partial charge in [0.05, 0.1) is 12.2 Å². The molecule has 1 aromatic rings. The van der Waals surface area contributed by atoms with Crippen LogP contribution in [0.1, 0.15) is 11.1 Å². The molecule has 16 heavy (non-hydrogen) atoms. The Morgan fingerprint density at radius 2 is 2.25 bits per heavy atom. The van der Waals surface area contributed by atoms with E-state index in [1.807, 2.05) is 13.1 Å². The fraction of sp³-hybridized carbons (Fsp3) is 0.417. The number of nitriles is 1. The van der Waals surface area contributed by atoms with Crippen molar-refractivity contribution in [1.29, 1.82) is 5.26 Å². The fourth-order valence-electron chi connectivity index (χ4n) is 1.39. The van der Waals surface area contributed by atoms with E-state index in [2.05, 4.69) is 4.90 Å². The minimum absolute atomic E-state index is 0.0950. The predicted molar refractivity (Wildman–Crippen MR) is 59.3 cm³/mol. The molecule has 0 saturated carbocycles. The summed E-state index contributed by atoms with van der Waals surface area (Å²) in [5.74, 6) is -0.467. The maximum Gasteiger partial charge on any atom is 0.140 e. The average Bonchev–Trinajstić information content (AvgIpc) is 2.29. The van der Waals surface area contributed by atoms with E-state index in [-0.39, 0.29) is 5.56 Å². The van der Waals surface area contributed by atoms with Gasteiger partial charge in [0.2, 0.25) is 0 Å². The van der Waals surface area contributed by atoms with Crippen molar-refractivity contribution in [1.82, 2.24) is 4.90 Å². The van der Waals surface area contributed by atoms with Gasteiger partial charge in [0, 0.05) is 20.2 Å². The summed E-state index contributed by atoms with van der Waals surface area (Å²) in [6.45, 7) is 2.14. The number of rotatable bonds is 5. The van der Waals surface area contributed by atoms with Gasteiger partial charge < -0.3 is 4.74 Å². The third-order valence-electron chi connectivity index (χ3n) is 2.28. The predicted octanol–water partition coefficient (Wildman–Crippen LogP) is 1.78. The van der Waals surface area contributed by atoms with E-state index in [9.17, 15) is 4.39 Å². The van der Waals surface area contributed by atoms with E-state index in [0.29, 0.717) is 13.2 Å². The second-order valence-electron chi connectivity index (χ2n) is 3.66. The summed E-state index contributed by atoms with van der Waals surface area (Å²) in [4.78, 5) is 2.05. The van der Waals surface area contributed by atoms with Gasteiger partial charge in [0.15, 0.2) is 0 Å². The second-order valence-corrected chi connectivity index (χ2v) is 3.66. The Morgan fingerprint density at radius 1 is 1.50 bits per heavy atom. The zero-order chi connectivity index (χ0) is 12.0. The van der Waals surface area contributed by atoms with Crippen molar-refractivity contribution >= 4 is 0 Å². The van der Waals surface area contributed by atoms with Crippen LogP contribution in [-0.4, -0.2) is 32.2 Å². The normalized spacial score (nSPS) is 10.4. The quantitative estimate of drug-likeness (QED) is 0.761. The first kappa shape index (κ1) is 12.6. The van der Waals surface area contributed by atoms with Gasteiger partial charge in [0.25, 0.3) is 0 Å². The number of nitrogens with zero attached hydrogens (tertiary/aromatic N) is 2. The molecule has 0 unspecified atom stereocenters. The maximum absolute atomic E-state index is 13.1. The van der Waals surface area contributed by atoms with E-state index in [4.69, 9.17) is 10.00 Å². The largest absolute Gasteiger partial charge is 0.383 e. The summed E-state index contributed by atoms with van der Waals surface area (Å²) in [7, 11) is 3.61. The molecule has 0 heterocycles. The van der Waals surface area contributed by atoms with Crippen LogP contribution in [0.15, 0.2) is 18.2 Å². The molecule has 0 bridgehead atoms. The molecule has 0 spiro atoms. The first-order chi connectivity index (χ1) is 7.67. The van der Waals surface area contributed by atoms with Gasteiger partial charge in [-0.15, -0.1) is 0 Å². The minimum Gasteiger partial charge on any atom is -0.383 e. The first-order valence-corrected chi connectivity index (χ1v) is 5.03. The first-order valence-electron chi connectivity index (χ1n) is 5.03. The molecule has 0 radical (unpaired) electrons. The minimum atomic E-state index is -0.467. The molecule has 0 aromatic heterocycles. The zero-order valence-corrected chi connectivity index (χ0v) is 9.53. The van der Waals surface area contributed by atoms with E-state index < -0.39 is 5.82 Å². The summed E-state index contributed by atoms with van der Waals surface area (Å²) in [5, 5.41) is 8.69. The third-order valence-corrected chi connectivity index (χ3v) is 2.28. The molecule has 0 atom stereocenters. The molecule has 1 aromatic carbocycles. The topological polar surface area (TPSA) is 36.3 Å². The Hall–Kier alpha value is -1.44. The Bertz CT molecular complexity index is 387. The van der Waals surface area contributed by atoms with Crippen LogP contribution in [0.2, 0.25) is 0 Å². The number of ether oxygens (including phenoxy) is 1. The van der Waals surface area contributed by atoms with Crippen molar-refractivity contribution in [2.75, 3.05) is 27.3 Å². The number of hydrogen-bond donors (Lipinski definition) is 0. The van der Waals surface area contributed by atoms with Crippen LogP contribution in [0.3, 0.4) is 0 Å². The highest BCUT2D eigenvalue weighted by atomic mass is 19.1. The lowest BCUT2D eigenvalue weighted by molar-refractivity contribution is 0.158. The highest BCUT2D eigenvalue weighted by molar-refractivity contribution is 5.34. The molecular formula is C12H15FN2O. The second kappa shape index (κ2) is 6.21. The van der Waals surface area contributed by atoms with Gasteiger partial charge in [0.1, 0.15) is 11.9 Å². The lowest BCUT2D eigenvalue weighted by Gasteiger charge is -2.16. The van der Waals surface area contributed by atoms with Crippen LogP contribution in [0, 0.1) is 17.1 Å². The van der Waals surface area contributed by atoms with Crippen LogP contribution < -0.4 is 0 Å². The van der Waals surface area contributed by atoms with Crippen molar-refractivity contribution in [2.45, 2.75) is 6.54 Å². The molecule has 3 nitrogen and oxygen atoms in total. The number of hydrogen-bond acceptors (Lipinski definition) is 3. The Labute approximate surface area is 95.1 Å². The highest BCUT2D eigenvalue weighted by Crippen LogP contribution is 2.10. The van der Waals surface area contributed by atoms with E-state index in [1.165, 1.54) is 6.07 Å². The van der Waals surface area contributed by atoms with Crippen molar-refractivity contribution in [2.24, 2.45) is 0 Å². The molecule has 0 fully saturated rings. The van der Waals surface area contributed by atoms with E-state index in [0.717, 1.165) is 12.1 Å². The molecule has 1 rings (SSSR count). The molecule has 0 aliphatic rings. The molecular weight excluding hydrogens is 207 g/mol. The van der Waals surface area contributed by atoms with E-state index in [1.54, 1.807) is 19.2 Å².